The van der Waals surface area contributed by atoms with Gasteiger partial charge in [-0.2, -0.15) is 0 Å². The highest BCUT2D eigenvalue weighted by Gasteiger charge is 2.09. The fourth-order valence-electron chi connectivity index (χ4n) is 2.86. The molecule has 0 saturated carbocycles. The molecule has 0 bridgehead atoms. The summed E-state index contributed by atoms with van der Waals surface area (Å²) >= 11 is 1.87. The van der Waals surface area contributed by atoms with Gasteiger partial charge in [-0.25, -0.2) is 0 Å². The molecule has 0 saturated heterocycles. The highest BCUT2D eigenvalue weighted by atomic mass is 32.1. The van der Waals surface area contributed by atoms with Gasteiger partial charge in [-0.3, -0.25) is 0 Å². The van der Waals surface area contributed by atoms with Gasteiger partial charge < -0.3 is 5.32 Å². The van der Waals surface area contributed by atoms with Gasteiger partial charge in [-0.15, -0.1) is 11.3 Å². The maximum Gasteiger partial charge on any atom is 0.0590 e. The van der Waals surface area contributed by atoms with Crippen LogP contribution >= 0.6 is 11.3 Å². The summed E-state index contributed by atoms with van der Waals surface area (Å²) in [7, 11) is 0. The van der Waals surface area contributed by atoms with Gasteiger partial charge in [0.05, 0.1) is 10.4 Å². The zero-order valence-corrected chi connectivity index (χ0v) is 13.5. The van der Waals surface area contributed by atoms with Crippen molar-refractivity contribution in [2.24, 2.45) is 0 Å². The minimum absolute atomic E-state index is 1.17. The average molecular weight is 303 g/mol. The largest absolute Gasteiger partial charge is 0.354 e. The van der Waals surface area contributed by atoms with E-state index < -0.39 is 0 Å². The van der Waals surface area contributed by atoms with E-state index in [0.717, 1.165) is 0 Å². The first-order valence-electron chi connectivity index (χ1n) is 7.47. The van der Waals surface area contributed by atoms with Gasteiger partial charge in [0.1, 0.15) is 0 Å². The van der Waals surface area contributed by atoms with Crippen molar-refractivity contribution in [2.45, 2.75) is 13.8 Å². The average Bonchev–Trinajstić information content (AvgIpc) is 2.88. The van der Waals surface area contributed by atoms with E-state index in [9.17, 15) is 0 Å². The van der Waals surface area contributed by atoms with Gasteiger partial charge in [0, 0.05) is 21.2 Å². The van der Waals surface area contributed by atoms with Crippen molar-refractivity contribution in [1.29, 1.82) is 0 Å². The van der Waals surface area contributed by atoms with E-state index in [2.05, 4.69) is 79.8 Å². The van der Waals surface area contributed by atoms with E-state index in [1.807, 2.05) is 11.3 Å². The molecule has 0 aliphatic rings. The van der Waals surface area contributed by atoms with E-state index in [0.29, 0.717) is 0 Å². The first kappa shape index (κ1) is 13.4. The highest BCUT2D eigenvalue weighted by Crippen LogP contribution is 2.39. The van der Waals surface area contributed by atoms with Crippen molar-refractivity contribution in [2.75, 3.05) is 5.32 Å². The number of hydrogen-bond donors (Lipinski definition) is 1. The minimum Gasteiger partial charge on any atom is -0.354 e. The van der Waals surface area contributed by atoms with Gasteiger partial charge >= 0.3 is 0 Å². The molecule has 2 heteroatoms. The summed E-state index contributed by atoms with van der Waals surface area (Å²) in [6.07, 6.45) is 0. The van der Waals surface area contributed by atoms with Crippen LogP contribution in [0.15, 0.2) is 60.7 Å². The lowest BCUT2D eigenvalue weighted by Gasteiger charge is -2.10. The number of nitrogens with one attached hydrogen (secondary N) is 1. The maximum atomic E-state index is 3.60. The molecule has 0 aliphatic carbocycles. The number of benzene rings is 3. The monoisotopic (exact) mass is 303 g/mol. The first-order chi connectivity index (χ1) is 10.7. The van der Waals surface area contributed by atoms with Crippen LogP contribution in [0.4, 0.5) is 11.4 Å². The Kier molecular flexibility index (Phi) is 3.12. The lowest BCUT2D eigenvalue weighted by Crippen LogP contribution is -1.92. The Labute approximate surface area is 134 Å². The smallest absolute Gasteiger partial charge is 0.0590 e. The lowest BCUT2D eigenvalue weighted by atomic mass is 10.1. The predicted molar refractivity (Wildman–Crippen MR) is 98.5 cm³/mol. The molecule has 0 radical (unpaired) electrons. The molecule has 0 amide bonds. The third-order valence-corrected chi connectivity index (χ3v) is 5.27. The number of fused-ring (bicyclic) bond motifs is 3. The second kappa shape index (κ2) is 5.15. The highest BCUT2D eigenvalue weighted by molar-refractivity contribution is 7.26. The van der Waals surface area contributed by atoms with Gasteiger partial charge in [0.15, 0.2) is 0 Å². The first-order valence-corrected chi connectivity index (χ1v) is 8.28. The summed E-state index contributed by atoms with van der Waals surface area (Å²) in [5.74, 6) is 0. The van der Waals surface area contributed by atoms with E-state index in [-0.39, 0.29) is 0 Å². The minimum atomic E-state index is 1.17. The Bertz CT molecular complexity index is 982. The number of hydrogen-bond acceptors (Lipinski definition) is 2. The molecule has 0 atom stereocenters. The van der Waals surface area contributed by atoms with Crippen LogP contribution in [0.25, 0.3) is 20.2 Å². The van der Waals surface area contributed by atoms with E-state index in [1.54, 1.807) is 0 Å². The van der Waals surface area contributed by atoms with Crippen LogP contribution in [0.1, 0.15) is 11.1 Å². The summed E-state index contributed by atoms with van der Waals surface area (Å²) in [6.45, 7) is 4.28. The molecule has 1 aromatic heterocycles. The molecule has 0 fully saturated rings. The van der Waals surface area contributed by atoms with Crippen molar-refractivity contribution >= 4 is 42.9 Å². The zero-order chi connectivity index (χ0) is 15.1. The van der Waals surface area contributed by atoms with Crippen LogP contribution in [-0.4, -0.2) is 0 Å². The lowest BCUT2D eigenvalue weighted by molar-refractivity contribution is 1.44. The summed E-state index contributed by atoms with van der Waals surface area (Å²) in [5, 5.41) is 6.28. The number of rotatable bonds is 2. The van der Waals surface area contributed by atoms with Crippen molar-refractivity contribution in [3.8, 4) is 0 Å². The van der Waals surface area contributed by atoms with E-state index in [1.165, 1.54) is 42.7 Å². The Balaban J connectivity index is 1.91. The number of aryl methyl sites for hydroxylation is 2. The summed E-state index contributed by atoms with van der Waals surface area (Å²) in [5.41, 5.74) is 4.93. The predicted octanol–water partition coefficient (Wildman–Crippen LogP) is 6.41. The molecule has 0 unspecified atom stereocenters. The van der Waals surface area contributed by atoms with Crippen molar-refractivity contribution in [3.05, 3.63) is 71.8 Å². The third-order valence-electron chi connectivity index (χ3n) is 4.07. The molecular weight excluding hydrogens is 286 g/mol. The van der Waals surface area contributed by atoms with Crippen molar-refractivity contribution < 1.29 is 0 Å². The van der Waals surface area contributed by atoms with Crippen LogP contribution < -0.4 is 5.32 Å². The van der Waals surface area contributed by atoms with Crippen molar-refractivity contribution in [1.82, 2.24) is 0 Å². The molecule has 3 aromatic carbocycles. The Morgan fingerprint density at radius 1 is 0.773 bits per heavy atom. The summed E-state index contributed by atoms with van der Waals surface area (Å²) in [6, 6.07) is 21.6. The fourth-order valence-corrected chi connectivity index (χ4v) is 4.13. The molecule has 1 nitrogen and oxygen atoms in total. The molecule has 108 valence electrons. The van der Waals surface area contributed by atoms with Gasteiger partial charge in [0.2, 0.25) is 0 Å². The van der Waals surface area contributed by atoms with Crippen LogP contribution in [0.3, 0.4) is 0 Å². The quantitative estimate of drug-likeness (QED) is 0.451. The van der Waals surface area contributed by atoms with Gasteiger partial charge in [0.25, 0.3) is 0 Å². The summed E-state index contributed by atoms with van der Waals surface area (Å²) in [4.78, 5) is 0. The summed E-state index contributed by atoms with van der Waals surface area (Å²) < 4.78 is 2.68. The number of anilines is 2. The van der Waals surface area contributed by atoms with E-state index >= 15 is 0 Å². The van der Waals surface area contributed by atoms with Crippen molar-refractivity contribution in [3.63, 3.8) is 0 Å². The molecule has 1 heterocycles. The molecule has 0 aliphatic heterocycles. The topological polar surface area (TPSA) is 12.0 Å². The Morgan fingerprint density at radius 2 is 1.59 bits per heavy atom. The normalized spacial score (nSPS) is 11.2. The molecule has 0 spiro atoms. The number of thiophene rings is 1. The van der Waals surface area contributed by atoms with Crippen LogP contribution in [-0.2, 0) is 0 Å². The molecule has 4 aromatic rings. The Hall–Kier alpha value is -2.32. The molecule has 1 N–H and O–H groups in total. The molecule has 4 rings (SSSR count). The maximum absolute atomic E-state index is 3.60. The fraction of sp³-hybridized carbons (Fsp3) is 0.100. The standard InChI is InChI=1S/C20H17NS/c1-13-10-11-15-16-7-5-9-18(20(16)22-19(15)12-13)21-17-8-4-3-6-14(17)2/h3-12,21H,1-2H3. The molecular formula is C20H17NS. The zero-order valence-electron chi connectivity index (χ0n) is 12.7. The second-order valence-electron chi connectivity index (χ2n) is 5.72. The van der Waals surface area contributed by atoms with Crippen LogP contribution in [0, 0.1) is 13.8 Å². The second-order valence-corrected chi connectivity index (χ2v) is 6.78. The Morgan fingerprint density at radius 3 is 2.45 bits per heavy atom. The SMILES string of the molecule is Cc1ccc2c(c1)sc1c(Nc3ccccc3C)cccc12. The third kappa shape index (κ3) is 2.16. The van der Waals surface area contributed by atoms with Crippen LogP contribution in [0.5, 0.6) is 0 Å². The van der Waals surface area contributed by atoms with Gasteiger partial charge in [-0.05, 0) is 43.2 Å². The number of para-hydroxylation sites is 1. The van der Waals surface area contributed by atoms with Crippen LogP contribution in [0.2, 0.25) is 0 Å². The van der Waals surface area contributed by atoms with E-state index in [4.69, 9.17) is 0 Å². The van der Waals surface area contributed by atoms with Gasteiger partial charge in [-0.1, -0.05) is 42.5 Å². The molecule has 22 heavy (non-hydrogen) atoms.